The highest BCUT2D eigenvalue weighted by Crippen LogP contribution is 2.36. The molecule has 1 aliphatic rings. The zero-order chi connectivity index (χ0) is 18.3. The van der Waals surface area contributed by atoms with E-state index in [9.17, 15) is 5.11 Å². The van der Waals surface area contributed by atoms with Gasteiger partial charge in [0, 0.05) is 18.4 Å². The first-order valence-corrected chi connectivity index (χ1v) is 8.47. The first kappa shape index (κ1) is 16.7. The van der Waals surface area contributed by atoms with Crippen molar-refractivity contribution in [1.29, 1.82) is 0 Å². The molecule has 0 aliphatic carbocycles. The smallest absolute Gasteiger partial charge is 0.231 e. The van der Waals surface area contributed by atoms with Gasteiger partial charge in [-0.2, -0.15) is 0 Å². The first-order valence-electron chi connectivity index (χ1n) is 8.09. The maximum atomic E-state index is 9.21. The summed E-state index contributed by atoms with van der Waals surface area (Å²) in [6.45, 7) is 0.188. The summed E-state index contributed by atoms with van der Waals surface area (Å²) in [5.74, 6) is 1.58. The Morgan fingerprint density at radius 2 is 1.92 bits per heavy atom. The lowest BCUT2D eigenvalue weighted by atomic mass is 10.0. The second-order valence-electron chi connectivity index (χ2n) is 6.02. The van der Waals surface area contributed by atoms with Gasteiger partial charge in [-0.1, -0.05) is 17.7 Å². The number of ether oxygens (including phenoxy) is 2. The van der Waals surface area contributed by atoms with Gasteiger partial charge >= 0.3 is 0 Å². The molecule has 5 N–H and O–H groups in total. The van der Waals surface area contributed by atoms with Gasteiger partial charge in [0.25, 0.3) is 0 Å². The van der Waals surface area contributed by atoms with E-state index in [1.807, 2.05) is 18.2 Å². The molecule has 0 atom stereocenters. The molecular formula is C18H17ClN4O3. The number of hydrogen-bond acceptors (Lipinski definition) is 7. The van der Waals surface area contributed by atoms with Gasteiger partial charge in [0.2, 0.25) is 12.7 Å². The molecule has 4 rings (SSSR count). The largest absolute Gasteiger partial charge is 0.454 e. The number of nitrogen functional groups attached to an aromatic ring is 2. The summed E-state index contributed by atoms with van der Waals surface area (Å²) in [5.41, 5.74) is 15.5. The van der Waals surface area contributed by atoms with Crippen molar-refractivity contribution in [3.05, 3.63) is 46.1 Å². The lowest BCUT2D eigenvalue weighted by Gasteiger charge is -2.13. The third-order valence-electron chi connectivity index (χ3n) is 4.32. The Kier molecular flexibility index (Phi) is 4.18. The Hall–Kier alpha value is -2.77. The van der Waals surface area contributed by atoms with Crippen molar-refractivity contribution < 1.29 is 14.6 Å². The van der Waals surface area contributed by atoms with Gasteiger partial charge in [0.05, 0.1) is 21.9 Å². The van der Waals surface area contributed by atoms with Crippen LogP contribution in [-0.2, 0) is 12.8 Å². The molecule has 0 radical (unpaired) electrons. The Balaban J connectivity index is 1.83. The molecule has 0 saturated heterocycles. The quantitative estimate of drug-likeness (QED) is 0.601. The Morgan fingerprint density at radius 1 is 1.12 bits per heavy atom. The lowest BCUT2D eigenvalue weighted by molar-refractivity contribution is 0.174. The zero-order valence-electron chi connectivity index (χ0n) is 13.8. The van der Waals surface area contributed by atoms with Crippen molar-refractivity contribution in [2.24, 2.45) is 0 Å². The number of aliphatic hydroxyl groups excluding tert-OH is 1. The van der Waals surface area contributed by atoms with E-state index in [-0.39, 0.29) is 19.3 Å². The molecule has 0 bridgehead atoms. The molecule has 2 aromatic carbocycles. The van der Waals surface area contributed by atoms with E-state index < -0.39 is 0 Å². The minimum Gasteiger partial charge on any atom is -0.454 e. The fraction of sp³-hybridized carbons (Fsp3) is 0.222. The van der Waals surface area contributed by atoms with Crippen LogP contribution in [0.1, 0.15) is 16.8 Å². The highest BCUT2D eigenvalue weighted by Gasteiger charge is 2.18. The van der Waals surface area contributed by atoms with Crippen molar-refractivity contribution in [1.82, 2.24) is 9.97 Å². The number of rotatable bonds is 4. The molecule has 0 unspecified atom stereocenters. The van der Waals surface area contributed by atoms with Gasteiger partial charge in [-0.05, 0) is 35.7 Å². The Bertz CT molecular complexity index is 1010. The summed E-state index contributed by atoms with van der Waals surface area (Å²) >= 11 is 6.38. The topological polar surface area (TPSA) is 117 Å². The van der Waals surface area contributed by atoms with Crippen LogP contribution in [-0.4, -0.2) is 28.5 Å². The van der Waals surface area contributed by atoms with Gasteiger partial charge in [0.15, 0.2) is 11.5 Å². The number of nitrogens with zero attached hydrogens (tertiary/aromatic N) is 2. The molecular weight excluding hydrogens is 356 g/mol. The molecule has 7 nitrogen and oxygen atoms in total. The second-order valence-corrected chi connectivity index (χ2v) is 6.40. The number of aromatic nitrogens is 2. The SMILES string of the molecule is Nc1nc(Cc2ccc3c(c2)OCO3)c2c(N)c(Cl)c(CCO)cc2n1. The van der Waals surface area contributed by atoms with Crippen LogP contribution >= 0.6 is 11.6 Å². The van der Waals surface area contributed by atoms with Gasteiger partial charge in [-0.3, -0.25) is 0 Å². The van der Waals surface area contributed by atoms with Crippen LogP contribution in [0, 0.1) is 0 Å². The van der Waals surface area contributed by atoms with E-state index >= 15 is 0 Å². The van der Waals surface area contributed by atoms with Crippen molar-refractivity contribution >= 4 is 34.1 Å². The van der Waals surface area contributed by atoms with Crippen LogP contribution in [0.2, 0.25) is 5.02 Å². The number of fused-ring (bicyclic) bond motifs is 2. The highest BCUT2D eigenvalue weighted by molar-refractivity contribution is 6.35. The van der Waals surface area contributed by atoms with E-state index in [4.69, 9.17) is 32.5 Å². The van der Waals surface area contributed by atoms with Crippen LogP contribution in [0.25, 0.3) is 10.9 Å². The molecule has 8 heteroatoms. The maximum Gasteiger partial charge on any atom is 0.231 e. The summed E-state index contributed by atoms with van der Waals surface area (Å²) in [5, 5.41) is 10.3. The standard InChI is InChI=1S/C18H17ClN4O3/c19-16-10(3-4-24)7-12-15(17(16)20)11(22-18(21)23-12)5-9-1-2-13-14(6-9)26-8-25-13/h1-2,6-7,24H,3-5,8,20H2,(H2,21,22,23). The molecule has 0 spiro atoms. The zero-order valence-corrected chi connectivity index (χ0v) is 14.6. The molecule has 0 fully saturated rings. The maximum absolute atomic E-state index is 9.21. The third-order valence-corrected chi connectivity index (χ3v) is 4.76. The van der Waals surface area contributed by atoms with Crippen LogP contribution < -0.4 is 20.9 Å². The minimum atomic E-state index is -0.0325. The summed E-state index contributed by atoms with van der Waals surface area (Å²) in [6, 6.07) is 7.51. The van der Waals surface area contributed by atoms with Crippen LogP contribution in [0.3, 0.4) is 0 Å². The van der Waals surface area contributed by atoms with Crippen LogP contribution in [0.15, 0.2) is 24.3 Å². The summed E-state index contributed by atoms with van der Waals surface area (Å²) in [6.07, 6.45) is 0.875. The fourth-order valence-corrected chi connectivity index (χ4v) is 3.37. The van der Waals surface area contributed by atoms with Gasteiger partial charge < -0.3 is 26.0 Å². The average molecular weight is 373 g/mol. The summed E-state index contributed by atoms with van der Waals surface area (Å²) < 4.78 is 10.8. The van der Waals surface area contributed by atoms with E-state index in [1.54, 1.807) is 6.07 Å². The molecule has 134 valence electrons. The van der Waals surface area contributed by atoms with Gasteiger partial charge in [-0.25, -0.2) is 9.97 Å². The monoisotopic (exact) mass is 372 g/mol. The third kappa shape index (κ3) is 2.85. The van der Waals surface area contributed by atoms with Crippen LogP contribution in [0.4, 0.5) is 11.6 Å². The molecule has 2 heterocycles. The van der Waals surface area contributed by atoms with Crippen LogP contribution in [0.5, 0.6) is 11.5 Å². The molecule has 0 saturated carbocycles. The normalized spacial score (nSPS) is 12.7. The number of halogens is 1. The van der Waals surface area contributed by atoms with Crippen molar-refractivity contribution in [3.8, 4) is 11.5 Å². The number of anilines is 2. The number of aliphatic hydroxyl groups is 1. The predicted molar refractivity (Wildman–Crippen MR) is 99.5 cm³/mol. The number of hydrogen-bond donors (Lipinski definition) is 3. The number of nitrogens with two attached hydrogens (primary N) is 2. The molecule has 26 heavy (non-hydrogen) atoms. The molecule has 1 aliphatic heterocycles. The minimum absolute atomic E-state index is 0.0325. The van der Waals surface area contributed by atoms with E-state index in [0.717, 1.165) is 16.9 Å². The molecule has 0 amide bonds. The van der Waals surface area contributed by atoms with Crippen molar-refractivity contribution in [2.75, 3.05) is 24.9 Å². The van der Waals surface area contributed by atoms with E-state index in [0.29, 0.717) is 45.9 Å². The molecule has 1 aromatic heterocycles. The summed E-state index contributed by atoms with van der Waals surface area (Å²) in [4.78, 5) is 8.66. The van der Waals surface area contributed by atoms with Gasteiger partial charge in [-0.15, -0.1) is 0 Å². The Morgan fingerprint density at radius 3 is 2.73 bits per heavy atom. The first-order chi connectivity index (χ1) is 12.6. The fourth-order valence-electron chi connectivity index (χ4n) is 3.13. The lowest BCUT2D eigenvalue weighted by Crippen LogP contribution is -2.06. The van der Waals surface area contributed by atoms with E-state index in [2.05, 4.69) is 9.97 Å². The predicted octanol–water partition coefficient (Wildman–Crippen LogP) is 2.30. The number of benzene rings is 2. The van der Waals surface area contributed by atoms with Crippen molar-refractivity contribution in [2.45, 2.75) is 12.8 Å². The second kappa shape index (κ2) is 6.51. The van der Waals surface area contributed by atoms with Crippen molar-refractivity contribution in [3.63, 3.8) is 0 Å². The van der Waals surface area contributed by atoms with E-state index in [1.165, 1.54) is 0 Å². The average Bonchev–Trinajstić information content (AvgIpc) is 3.07. The highest BCUT2D eigenvalue weighted by atomic mass is 35.5. The molecule has 3 aromatic rings. The summed E-state index contributed by atoms with van der Waals surface area (Å²) in [7, 11) is 0. The van der Waals surface area contributed by atoms with Gasteiger partial charge in [0.1, 0.15) is 0 Å². The Labute approximate surface area is 154 Å².